The Morgan fingerprint density at radius 2 is 1.79 bits per heavy atom. The lowest BCUT2D eigenvalue weighted by Crippen LogP contribution is -2.49. The van der Waals surface area contributed by atoms with Gasteiger partial charge in [0.05, 0.1) is 0 Å². The molecular weight excluding hydrogens is 472 g/mol. The van der Waals surface area contributed by atoms with Gasteiger partial charge in [-0.2, -0.15) is 0 Å². The lowest BCUT2D eigenvalue weighted by molar-refractivity contribution is -0.131. The third-order valence-electron chi connectivity index (χ3n) is 5.03. The summed E-state index contributed by atoms with van der Waals surface area (Å²) >= 11 is 0. The van der Waals surface area contributed by atoms with Gasteiger partial charge in [0.2, 0.25) is 5.91 Å². The van der Waals surface area contributed by atoms with Crippen LogP contribution in [0, 0.1) is 5.82 Å². The van der Waals surface area contributed by atoms with Gasteiger partial charge in [-0.1, -0.05) is 12.2 Å². The van der Waals surface area contributed by atoms with E-state index >= 15 is 0 Å². The summed E-state index contributed by atoms with van der Waals surface area (Å²) in [6, 6.07) is 6.92. The second kappa shape index (κ2) is 11.2. The molecule has 2 aliphatic rings. The van der Waals surface area contributed by atoms with Gasteiger partial charge in [0.15, 0.2) is 5.96 Å². The number of hydrogen-bond donors (Lipinski definition) is 2. The Morgan fingerprint density at radius 1 is 1.14 bits per heavy atom. The molecule has 1 fully saturated rings. The van der Waals surface area contributed by atoms with Crippen LogP contribution < -0.4 is 15.5 Å². The third-order valence-corrected chi connectivity index (χ3v) is 5.03. The number of amides is 1. The van der Waals surface area contributed by atoms with Crippen LogP contribution in [-0.2, 0) is 4.79 Å². The number of benzene rings is 1. The molecule has 3 rings (SSSR count). The fourth-order valence-electron chi connectivity index (χ4n) is 3.43. The second-order valence-electron chi connectivity index (χ2n) is 6.88. The first-order valence-electron chi connectivity index (χ1n) is 9.56. The Morgan fingerprint density at radius 3 is 2.39 bits per heavy atom. The zero-order valence-corrected chi connectivity index (χ0v) is 18.6. The van der Waals surface area contributed by atoms with E-state index in [4.69, 9.17) is 0 Å². The minimum atomic E-state index is -0.228. The normalized spacial score (nSPS) is 17.4. The molecule has 0 spiro atoms. The fourth-order valence-corrected chi connectivity index (χ4v) is 3.43. The molecule has 0 bridgehead atoms. The van der Waals surface area contributed by atoms with E-state index in [0.717, 1.165) is 37.6 Å². The van der Waals surface area contributed by atoms with Crippen molar-refractivity contribution in [3.63, 3.8) is 0 Å². The summed E-state index contributed by atoms with van der Waals surface area (Å²) in [5.41, 5.74) is 1.00. The van der Waals surface area contributed by atoms with Crippen LogP contribution in [0.2, 0.25) is 0 Å². The van der Waals surface area contributed by atoms with Crippen molar-refractivity contribution in [1.29, 1.82) is 0 Å². The van der Waals surface area contributed by atoms with Gasteiger partial charge < -0.3 is 20.4 Å². The predicted molar refractivity (Wildman–Crippen MR) is 122 cm³/mol. The molecular formula is C20H29FIN5O. The summed E-state index contributed by atoms with van der Waals surface area (Å²) in [5, 5.41) is 6.59. The van der Waals surface area contributed by atoms with Crippen molar-refractivity contribution < 1.29 is 9.18 Å². The van der Waals surface area contributed by atoms with Gasteiger partial charge in [0.1, 0.15) is 5.82 Å². The van der Waals surface area contributed by atoms with Crippen LogP contribution >= 0.6 is 24.0 Å². The highest BCUT2D eigenvalue weighted by molar-refractivity contribution is 14.0. The Balaban J connectivity index is 0.00000280. The van der Waals surface area contributed by atoms with Crippen molar-refractivity contribution in [2.24, 2.45) is 4.99 Å². The summed E-state index contributed by atoms with van der Waals surface area (Å²) < 4.78 is 13.0. The number of nitrogens with one attached hydrogen (secondary N) is 2. The van der Waals surface area contributed by atoms with E-state index in [1.165, 1.54) is 12.1 Å². The minimum Gasteiger partial charge on any atom is -0.368 e. The number of rotatable bonds is 5. The predicted octanol–water partition coefficient (Wildman–Crippen LogP) is 2.37. The monoisotopic (exact) mass is 501 g/mol. The Bertz CT molecular complexity index is 678. The van der Waals surface area contributed by atoms with Gasteiger partial charge in [-0.3, -0.25) is 9.79 Å². The molecule has 1 saturated heterocycles. The topological polar surface area (TPSA) is 60.0 Å². The SMILES string of the molecule is CN=C(NCCC(=O)N1CCN(c2ccc(F)cc2)CC1)NC1CC=CC1.I. The van der Waals surface area contributed by atoms with Crippen LogP contribution in [-0.4, -0.2) is 62.6 Å². The van der Waals surface area contributed by atoms with Crippen LogP contribution in [0.4, 0.5) is 10.1 Å². The van der Waals surface area contributed by atoms with Crippen molar-refractivity contribution in [1.82, 2.24) is 15.5 Å². The first-order valence-corrected chi connectivity index (χ1v) is 9.56. The summed E-state index contributed by atoms with van der Waals surface area (Å²) in [5.74, 6) is 0.672. The maximum absolute atomic E-state index is 13.0. The van der Waals surface area contributed by atoms with Gasteiger partial charge >= 0.3 is 0 Å². The molecule has 1 aromatic carbocycles. The molecule has 1 aliphatic carbocycles. The zero-order valence-electron chi connectivity index (χ0n) is 16.2. The van der Waals surface area contributed by atoms with E-state index in [-0.39, 0.29) is 35.7 Å². The molecule has 1 heterocycles. The molecule has 2 N–H and O–H groups in total. The second-order valence-corrected chi connectivity index (χ2v) is 6.88. The highest BCUT2D eigenvalue weighted by Gasteiger charge is 2.21. The van der Waals surface area contributed by atoms with Crippen molar-refractivity contribution >= 4 is 41.5 Å². The molecule has 1 aliphatic heterocycles. The molecule has 28 heavy (non-hydrogen) atoms. The van der Waals surface area contributed by atoms with E-state index in [0.29, 0.717) is 32.1 Å². The standard InChI is InChI=1S/C20H28FN5O.HI/c1-22-20(24-17-4-2-3-5-17)23-11-10-19(27)26-14-12-25(13-15-26)18-8-6-16(21)7-9-18;/h2-3,6-9,17H,4-5,10-15H2,1H3,(H2,22,23,24);1H. The summed E-state index contributed by atoms with van der Waals surface area (Å²) in [4.78, 5) is 20.8. The summed E-state index contributed by atoms with van der Waals surface area (Å²) in [7, 11) is 1.74. The molecule has 0 radical (unpaired) electrons. The van der Waals surface area contributed by atoms with Crippen LogP contribution in [0.5, 0.6) is 0 Å². The van der Waals surface area contributed by atoms with Crippen LogP contribution in [0.1, 0.15) is 19.3 Å². The number of guanidine groups is 1. The van der Waals surface area contributed by atoms with E-state index in [1.807, 2.05) is 4.90 Å². The number of halogens is 2. The van der Waals surface area contributed by atoms with E-state index in [1.54, 1.807) is 19.2 Å². The number of carbonyl (C=O) groups is 1. The molecule has 154 valence electrons. The van der Waals surface area contributed by atoms with Gasteiger partial charge in [0, 0.05) is 57.9 Å². The van der Waals surface area contributed by atoms with Crippen molar-refractivity contribution in [3.05, 3.63) is 42.2 Å². The van der Waals surface area contributed by atoms with E-state index in [2.05, 4.69) is 32.7 Å². The number of piperazine rings is 1. The minimum absolute atomic E-state index is 0. The molecule has 1 aromatic rings. The van der Waals surface area contributed by atoms with Crippen LogP contribution in [0.3, 0.4) is 0 Å². The number of carbonyl (C=O) groups excluding carboxylic acids is 1. The quantitative estimate of drug-likeness (QED) is 0.282. The first kappa shape index (κ1) is 22.4. The maximum Gasteiger partial charge on any atom is 0.224 e. The lowest BCUT2D eigenvalue weighted by Gasteiger charge is -2.36. The number of nitrogens with zero attached hydrogens (tertiary/aromatic N) is 3. The van der Waals surface area contributed by atoms with Gasteiger partial charge in [-0.05, 0) is 37.1 Å². The maximum atomic E-state index is 13.0. The van der Waals surface area contributed by atoms with Gasteiger partial charge in [-0.25, -0.2) is 4.39 Å². The molecule has 0 aromatic heterocycles. The fraction of sp³-hybridized carbons (Fsp3) is 0.500. The van der Waals surface area contributed by atoms with Crippen molar-refractivity contribution in [2.75, 3.05) is 44.7 Å². The summed E-state index contributed by atoms with van der Waals surface area (Å²) in [6.07, 6.45) is 6.80. The molecule has 0 atom stereocenters. The Hall–Kier alpha value is -1.84. The number of anilines is 1. The average Bonchev–Trinajstić information content (AvgIpc) is 3.21. The number of aliphatic imine (C=N–C) groups is 1. The molecule has 0 unspecified atom stereocenters. The number of hydrogen-bond acceptors (Lipinski definition) is 3. The van der Waals surface area contributed by atoms with E-state index in [9.17, 15) is 9.18 Å². The highest BCUT2D eigenvalue weighted by atomic mass is 127. The lowest BCUT2D eigenvalue weighted by atomic mass is 10.2. The van der Waals surface area contributed by atoms with Gasteiger partial charge in [-0.15, -0.1) is 24.0 Å². The Labute approximate surface area is 183 Å². The molecule has 0 saturated carbocycles. The zero-order chi connectivity index (χ0) is 19.1. The molecule has 8 heteroatoms. The van der Waals surface area contributed by atoms with Crippen LogP contribution in [0.15, 0.2) is 41.4 Å². The Kier molecular flexibility index (Phi) is 9.01. The first-order chi connectivity index (χ1) is 13.2. The third kappa shape index (κ3) is 6.35. The van der Waals surface area contributed by atoms with Gasteiger partial charge in [0.25, 0.3) is 0 Å². The highest BCUT2D eigenvalue weighted by Crippen LogP contribution is 2.17. The molecule has 1 amide bonds. The van der Waals surface area contributed by atoms with Crippen LogP contribution in [0.25, 0.3) is 0 Å². The van der Waals surface area contributed by atoms with Crippen molar-refractivity contribution in [3.8, 4) is 0 Å². The largest absolute Gasteiger partial charge is 0.368 e. The molecule has 6 nitrogen and oxygen atoms in total. The summed E-state index contributed by atoms with van der Waals surface area (Å²) in [6.45, 7) is 3.48. The van der Waals surface area contributed by atoms with Crippen molar-refractivity contribution in [2.45, 2.75) is 25.3 Å². The average molecular weight is 501 g/mol. The van der Waals surface area contributed by atoms with E-state index < -0.39 is 0 Å². The smallest absolute Gasteiger partial charge is 0.224 e.